The minimum atomic E-state index is -0.162. The van der Waals surface area contributed by atoms with Gasteiger partial charge in [0.15, 0.2) is 0 Å². The minimum Gasteiger partial charge on any atom is -0.393 e. The molecule has 3 atom stereocenters. The van der Waals surface area contributed by atoms with Crippen molar-refractivity contribution in [3.05, 3.63) is 0 Å². The van der Waals surface area contributed by atoms with Gasteiger partial charge in [-0.15, -0.1) is 12.3 Å². The van der Waals surface area contributed by atoms with E-state index in [1.165, 1.54) is 0 Å². The molecule has 1 nitrogen and oxygen atoms in total. The lowest BCUT2D eigenvalue weighted by atomic mass is 9.67. The maximum Gasteiger partial charge on any atom is 0.0577 e. The van der Waals surface area contributed by atoms with Crippen LogP contribution < -0.4 is 0 Å². The van der Waals surface area contributed by atoms with Crippen molar-refractivity contribution < 1.29 is 5.11 Å². The summed E-state index contributed by atoms with van der Waals surface area (Å²) in [5.74, 6) is 3.72. The van der Waals surface area contributed by atoms with Gasteiger partial charge in [-0.1, -0.05) is 20.8 Å². The fourth-order valence-electron chi connectivity index (χ4n) is 2.41. The molecule has 80 valence electrons. The highest BCUT2D eigenvalue weighted by atomic mass is 16.3. The molecule has 0 spiro atoms. The van der Waals surface area contributed by atoms with E-state index in [-0.39, 0.29) is 6.10 Å². The largest absolute Gasteiger partial charge is 0.393 e. The first-order valence-corrected chi connectivity index (χ1v) is 5.56. The van der Waals surface area contributed by atoms with E-state index in [4.69, 9.17) is 6.42 Å². The molecule has 0 aliphatic heterocycles. The van der Waals surface area contributed by atoms with Crippen LogP contribution in [0, 0.1) is 29.6 Å². The lowest BCUT2D eigenvalue weighted by Gasteiger charge is -2.39. The maximum absolute atomic E-state index is 9.79. The monoisotopic (exact) mass is 194 g/mol. The lowest BCUT2D eigenvalue weighted by molar-refractivity contribution is 0.0216. The summed E-state index contributed by atoms with van der Waals surface area (Å²) in [5, 5.41) is 9.79. The Kier molecular flexibility index (Phi) is 3.61. The molecule has 0 amide bonds. The van der Waals surface area contributed by atoms with Crippen LogP contribution >= 0.6 is 0 Å². The Bertz CT molecular complexity index is 218. The highest BCUT2D eigenvalue weighted by Gasteiger charge is 2.34. The van der Waals surface area contributed by atoms with Gasteiger partial charge in [0, 0.05) is 6.42 Å². The summed E-state index contributed by atoms with van der Waals surface area (Å²) in [4.78, 5) is 0. The van der Waals surface area contributed by atoms with Crippen molar-refractivity contribution in [2.24, 2.45) is 17.3 Å². The molecule has 1 fully saturated rings. The number of hydrogen-bond donors (Lipinski definition) is 1. The molecule has 1 rings (SSSR count). The second kappa shape index (κ2) is 4.36. The standard InChI is InChI=1S/C13H22O/c1-5-6-10-9-11(13(2,3)4)7-8-12(10)14/h1,10-12,14H,6-9H2,2-4H3. The minimum absolute atomic E-state index is 0.162. The number of aliphatic hydroxyl groups is 1. The van der Waals surface area contributed by atoms with E-state index >= 15 is 0 Å². The molecule has 0 radical (unpaired) electrons. The predicted molar refractivity (Wildman–Crippen MR) is 59.7 cm³/mol. The summed E-state index contributed by atoms with van der Waals surface area (Å²) < 4.78 is 0. The Morgan fingerprint density at radius 2 is 2.00 bits per heavy atom. The first kappa shape index (κ1) is 11.6. The molecule has 0 heterocycles. The molecule has 3 unspecified atom stereocenters. The van der Waals surface area contributed by atoms with Gasteiger partial charge in [0.25, 0.3) is 0 Å². The van der Waals surface area contributed by atoms with E-state index in [1.54, 1.807) is 0 Å². The molecule has 0 aromatic heterocycles. The summed E-state index contributed by atoms with van der Waals surface area (Å²) in [6.07, 6.45) is 9.04. The zero-order chi connectivity index (χ0) is 10.8. The Balaban J connectivity index is 2.58. The zero-order valence-corrected chi connectivity index (χ0v) is 9.59. The van der Waals surface area contributed by atoms with Crippen molar-refractivity contribution in [2.75, 3.05) is 0 Å². The molecule has 1 aliphatic rings. The highest BCUT2D eigenvalue weighted by Crippen LogP contribution is 2.41. The van der Waals surface area contributed by atoms with Crippen molar-refractivity contribution in [2.45, 2.75) is 52.6 Å². The van der Waals surface area contributed by atoms with Crippen molar-refractivity contribution in [1.82, 2.24) is 0 Å². The number of rotatable bonds is 1. The molecule has 1 aliphatic carbocycles. The summed E-state index contributed by atoms with van der Waals surface area (Å²) in [6, 6.07) is 0. The molecule has 0 saturated heterocycles. The molecular weight excluding hydrogens is 172 g/mol. The third-order valence-electron chi connectivity index (χ3n) is 3.55. The summed E-state index contributed by atoms with van der Waals surface area (Å²) in [5.41, 5.74) is 0.354. The predicted octanol–water partition coefficient (Wildman–Crippen LogP) is 2.83. The van der Waals surface area contributed by atoms with Crippen LogP contribution in [0.5, 0.6) is 0 Å². The number of terminal acetylenes is 1. The number of aliphatic hydroxyl groups excluding tert-OH is 1. The van der Waals surface area contributed by atoms with Crippen molar-refractivity contribution in [3.63, 3.8) is 0 Å². The second-order valence-electron chi connectivity index (χ2n) is 5.61. The summed E-state index contributed by atoms with van der Waals surface area (Å²) in [7, 11) is 0. The van der Waals surface area contributed by atoms with Gasteiger partial charge in [-0.3, -0.25) is 0 Å². The van der Waals surface area contributed by atoms with Crippen molar-refractivity contribution in [3.8, 4) is 12.3 Å². The molecule has 0 aromatic carbocycles. The first-order chi connectivity index (χ1) is 6.45. The van der Waals surface area contributed by atoms with Crippen LogP contribution in [0.3, 0.4) is 0 Å². The SMILES string of the molecule is C#CCC1CC(C(C)(C)C)CCC1O. The quantitative estimate of drug-likeness (QED) is 0.636. The third kappa shape index (κ3) is 2.75. The van der Waals surface area contributed by atoms with Gasteiger partial charge < -0.3 is 5.11 Å². The Hall–Kier alpha value is -0.480. The van der Waals surface area contributed by atoms with Gasteiger partial charge in [0.2, 0.25) is 0 Å². The van der Waals surface area contributed by atoms with E-state index in [2.05, 4.69) is 26.7 Å². The maximum atomic E-state index is 9.79. The molecular formula is C13H22O. The Morgan fingerprint density at radius 1 is 1.36 bits per heavy atom. The Labute approximate surface area is 87.9 Å². The van der Waals surface area contributed by atoms with Gasteiger partial charge in [0.05, 0.1) is 6.10 Å². The molecule has 0 aromatic rings. The van der Waals surface area contributed by atoms with E-state index < -0.39 is 0 Å². The van der Waals surface area contributed by atoms with E-state index in [0.717, 1.165) is 25.7 Å². The van der Waals surface area contributed by atoms with Gasteiger partial charge in [0.1, 0.15) is 0 Å². The van der Waals surface area contributed by atoms with Crippen LogP contribution in [-0.2, 0) is 0 Å². The summed E-state index contributed by atoms with van der Waals surface area (Å²) in [6.45, 7) is 6.84. The van der Waals surface area contributed by atoms with Gasteiger partial charge in [-0.05, 0) is 36.5 Å². The van der Waals surface area contributed by atoms with Crippen LogP contribution in [0.1, 0.15) is 46.5 Å². The molecule has 1 saturated carbocycles. The molecule has 0 bridgehead atoms. The van der Waals surface area contributed by atoms with Gasteiger partial charge >= 0.3 is 0 Å². The average molecular weight is 194 g/mol. The fraction of sp³-hybridized carbons (Fsp3) is 0.846. The number of hydrogen-bond acceptors (Lipinski definition) is 1. The molecule has 14 heavy (non-hydrogen) atoms. The van der Waals surface area contributed by atoms with Crippen LogP contribution in [0.15, 0.2) is 0 Å². The summed E-state index contributed by atoms with van der Waals surface area (Å²) >= 11 is 0. The highest BCUT2D eigenvalue weighted by molar-refractivity contribution is 4.93. The van der Waals surface area contributed by atoms with Crippen LogP contribution in [0.25, 0.3) is 0 Å². The smallest absolute Gasteiger partial charge is 0.0577 e. The van der Waals surface area contributed by atoms with E-state index in [9.17, 15) is 5.11 Å². The lowest BCUT2D eigenvalue weighted by Crippen LogP contribution is -2.34. The fourth-order valence-corrected chi connectivity index (χ4v) is 2.41. The zero-order valence-electron chi connectivity index (χ0n) is 9.59. The normalized spacial score (nSPS) is 33.8. The molecule has 1 N–H and O–H groups in total. The van der Waals surface area contributed by atoms with Gasteiger partial charge in [-0.2, -0.15) is 0 Å². The third-order valence-corrected chi connectivity index (χ3v) is 3.55. The van der Waals surface area contributed by atoms with Crippen LogP contribution in [-0.4, -0.2) is 11.2 Å². The van der Waals surface area contributed by atoms with Gasteiger partial charge in [-0.25, -0.2) is 0 Å². The Morgan fingerprint density at radius 3 is 2.50 bits per heavy atom. The van der Waals surface area contributed by atoms with Crippen molar-refractivity contribution >= 4 is 0 Å². The topological polar surface area (TPSA) is 20.2 Å². The average Bonchev–Trinajstić information content (AvgIpc) is 2.07. The van der Waals surface area contributed by atoms with Crippen molar-refractivity contribution in [1.29, 1.82) is 0 Å². The first-order valence-electron chi connectivity index (χ1n) is 5.56. The molecule has 1 heteroatoms. The second-order valence-corrected chi connectivity index (χ2v) is 5.61. The van der Waals surface area contributed by atoms with Crippen LogP contribution in [0.2, 0.25) is 0 Å². The van der Waals surface area contributed by atoms with E-state index in [0.29, 0.717) is 17.3 Å². The van der Waals surface area contributed by atoms with Crippen LogP contribution in [0.4, 0.5) is 0 Å². The van der Waals surface area contributed by atoms with E-state index in [1.807, 2.05) is 0 Å².